The number of nitrogens with one attached hydrogen (secondary N) is 1. The van der Waals surface area contributed by atoms with Crippen LogP contribution in [0.4, 0.5) is 5.69 Å². The van der Waals surface area contributed by atoms with Crippen LogP contribution in [-0.4, -0.2) is 96.7 Å². The SMILES string of the molecule is O=C(CN1CCN(c2ccc(C(O)NC3CCCC3)cc2)CC1)N1CCN(C2CCC2)CC1. The third-order valence-electron chi connectivity index (χ3n) is 8.31. The van der Waals surface area contributed by atoms with Gasteiger partial charge in [0.15, 0.2) is 0 Å². The van der Waals surface area contributed by atoms with E-state index < -0.39 is 6.23 Å². The first-order valence-corrected chi connectivity index (χ1v) is 13.2. The largest absolute Gasteiger partial charge is 0.374 e. The van der Waals surface area contributed by atoms with Crippen LogP contribution in [0.1, 0.15) is 56.7 Å². The first kappa shape index (κ1) is 23.1. The third-order valence-corrected chi connectivity index (χ3v) is 8.31. The highest BCUT2D eigenvalue weighted by atomic mass is 16.3. The van der Waals surface area contributed by atoms with Gasteiger partial charge in [-0.3, -0.25) is 19.9 Å². The number of carbonyl (C=O) groups is 1. The summed E-state index contributed by atoms with van der Waals surface area (Å²) in [6.45, 7) is 8.14. The highest BCUT2D eigenvalue weighted by Gasteiger charge is 2.30. The standard InChI is InChI=1S/C26H41N5O2/c32-25(31-18-16-30(17-19-31)23-6-3-7-23)20-28-12-14-29(15-13-28)24-10-8-21(9-11-24)26(33)27-22-4-1-2-5-22/h8-11,22-23,26-27,33H,1-7,12-20H2. The molecule has 1 atom stereocenters. The number of amides is 1. The van der Waals surface area contributed by atoms with Crippen molar-refractivity contribution in [1.82, 2.24) is 20.0 Å². The number of aliphatic hydroxyl groups excluding tert-OH is 1. The van der Waals surface area contributed by atoms with Crippen molar-refractivity contribution >= 4 is 11.6 Å². The van der Waals surface area contributed by atoms with Crippen molar-refractivity contribution in [1.29, 1.82) is 0 Å². The fourth-order valence-electron chi connectivity index (χ4n) is 5.82. The van der Waals surface area contributed by atoms with E-state index in [4.69, 9.17) is 0 Å². The van der Waals surface area contributed by atoms with Crippen LogP contribution < -0.4 is 10.2 Å². The lowest BCUT2D eigenvalue weighted by Crippen LogP contribution is -2.56. The van der Waals surface area contributed by atoms with Crippen molar-refractivity contribution in [3.63, 3.8) is 0 Å². The van der Waals surface area contributed by atoms with Crippen LogP contribution in [0, 0.1) is 0 Å². The molecule has 182 valence electrons. The number of carbonyl (C=O) groups excluding carboxylic acids is 1. The summed E-state index contributed by atoms with van der Waals surface area (Å²) in [6, 6.07) is 9.56. The van der Waals surface area contributed by atoms with Gasteiger partial charge in [-0.15, -0.1) is 0 Å². The predicted molar refractivity (Wildman–Crippen MR) is 131 cm³/mol. The molecule has 5 rings (SSSR count). The Hall–Kier alpha value is -1.67. The van der Waals surface area contributed by atoms with Gasteiger partial charge in [-0.25, -0.2) is 0 Å². The number of rotatable bonds is 7. The normalized spacial score (nSPS) is 24.8. The summed E-state index contributed by atoms with van der Waals surface area (Å²) < 4.78 is 0. The highest BCUT2D eigenvalue weighted by molar-refractivity contribution is 5.78. The monoisotopic (exact) mass is 455 g/mol. The van der Waals surface area contributed by atoms with Crippen molar-refractivity contribution in [2.75, 3.05) is 63.8 Å². The van der Waals surface area contributed by atoms with Gasteiger partial charge in [0.2, 0.25) is 5.91 Å². The Balaban J connectivity index is 1.04. The molecule has 1 aromatic carbocycles. The topological polar surface area (TPSA) is 62.3 Å². The Labute approximate surface area is 198 Å². The van der Waals surface area contributed by atoms with Gasteiger partial charge in [0, 0.05) is 70.1 Å². The summed E-state index contributed by atoms with van der Waals surface area (Å²) in [5.74, 6) is 0.296. The summed E-state index contributed by atoms with van der Waals surface area (Å²) in [7, 11) is 0. The zero-order valence-electron chi connectivity index (χ0n) is 20.0. The number of anilines is 1. The average Bonchev–Trinajstić information content (AvgIpc) is 3.32. The minimum Gasteiger partial charge on any atom is -0.374 e. The fourth-order valence-corrected chi connectivity index (χ4v) is 5.82. The van der Waals surface area contributed by atoms with Gasteiger partial charge in [-0.2, -0.15) is 0 Å². The molecular formula is C26H41N5O2. The zero-order valence-corrected chi connectivity index (χ0v) is 20.0. The highest BCUT2D eigenvalue weighted by Crippen LogP contribution is 2.26. The van der Waals surface area contributed by atoms with Crippen LogP contribution in [-0.2, 0) is 4.79 Å². The van der Waals surface area contributed by atoms with Crippen LogP contribution in [0.15, 0.2) is 24.3 Å². The molecule has 0 spiro atoms. The Morgan fingerprint density at radius 3 is 2.15 bits per heavy atom. The van der Waals surface area contributed by atoms with E-state index in [2.05, 4.69) is 37.0 Å². The van der Waals surface area contributed by atoms with Crippen molar-refractivity contribution < 1.29 is 9.90 Å². The number of piperazine rings is 2. The van der Waals surface area contributed by atoms with Crippen LogP contribution in [0.2, 0.25) is 0 Å². The molecule has 4 fully saturated rings. The van der Waals surface area contributed by atoms with E-state index in [0.717, 1.165) is 64.0 Å². The molecule has 2 saturated heterocycles. The quantitative estimate of drug-likeness (QED) is 0.614. The molecule has 0 bridgehead atoms. The van der Waals surface area contributed by atoms with Crippen LogP contribution in [0.3, 0.4) is 0 Å². The van der Waals surface area contributed by atoms with Gasteiger partial charge in [-0.1, -0.05) is 31.4 Å². The lowest BCUT2D eigenvalue weighted by molar-refractivity contribution is -0.134. The molecule has 2 N–H and O–H groups in total. The Kier molecular flexibility index (Phi) is 7.50. The van der Waals surface area contributed by atoms with E-state index in [1.165, 1.54) is 50.6 Å². The predicted octanol–water partition coefficient (Wildman–Crippen LogP) is 2.03. The second-order valence-electron chi connectivity index (χ2n) is 10.4. The molecule has 4 aliphatic rings. The number of nitrogens with zero attached hydrogens (tertiary/aromatic N) is 4. The molecule has 7 nitrogen and oxygen atoms in total. The maximum atomic E-state index is 12.8. The molecule has 0 aromatic heterocycles. The first-order chi connectivity index (χ1) is 16.2. The lowest BCUT2D eigenvalue weighted by Gasteiger charge is -2.43. The van der Waals surface area contributed by atoms with E-state index in [1.54, 1.807) is 0 Å². The van der Waals surface area contributed by atoms with E-state index in [0.29, 0.717) is 18.5 Å². The number of aliphatic hydroxyl groups is 1. The molecule has 7 heteroatoms. The second-order valence-corrected chi connectivity index (χ2v) is 10.4. The van der Waals surface area contributed by atoms with Crippen molar-refractivity contribution in [3.8, 4) is 0 Å². The summed E-state index contributed by atoms with van der Waals surface area (Å²) >= 11 is 0. The van der Waals surface area contributed by atoms with Crippen LogP contribution >= 0.6 is 0 Å². The molecule has 33 heavy (non-hydrogen) atoms. The van der Waals surface area contributed by atoms with Gasteiger partial charge < -0.3 is 14.9 Å². The number of benzene rings is 1. The molecule has 1 amide bonds. The van der Waals surface area contributed by atoms with Crippen LogP contribution in [0.5, 0.6) is 0 Å². The molecule has 2 aliphatic carbocycles. The summed E-state index contributed by atoms with van der Waals surface area (Å²) in [5.41, 5.74) is 2.14. The zero-order chi connectivity index (χ0) is 22.6. The van der Waals surface area contributed by atoms with Crippen molar-refractivity contribution in [2.24, 2.45) is 0 Å². The van der Waals surface area contributed by atoms with E-state index in [9.17, 15) is 9.90 Å². The summed E-state index contributed by atoms with van der Waals surface area (Å²) in [4.78, 5) is 22.2. The number of hydrogen-bond acceptors (Lipinski definition) is 6. The maximum absolute atomic E-state index is 12.8. The molecule has 1 aromatic rings. The fraction of sp³-hybridized carbons (Fsp3) is 0.731. The molecule has 2 heterocycles. The smallest absolute Gasteiger partial charge is 0.236 e. The van der Waals surface area contributed by atoms with Gasteiger partial charge in [-0.05, 0) is 43.4 Å². The van der Waals surface area contributed by atoms with Gasteiger partial charge in [0.1, 0.15) is 6.23 Å². The van der Waals surface area contributed by atoms with E-state index in [1.807, 2.05) is 12.1 Å². The Morgan fingerprint density at radius 1 is 0.879 bits per heavy atom. The first-order valence-electron chi connectivity index (χ1n) is 13.2. The molecule has 2 saturated carbocycles. The minimum atomic E-state index is -0.583. The van der Waals surface area contributed by atoms with Crippen LogP contribution in [0.25, 0.3) is 0 Å². The third kappa shape index (κ3) is 5.70. The maximum Gasteiger partial charge on any atom is 0.236 e. The van der Waals surface area contributed by atoms with Crippen molar-refractivity contribution in [3.05, 3.63) is 29.8 Å². The lowest BCUT2D eigenvalue weighted by atomic mass is 9.91. The van der Waals surface area contributed by atoms with Gasteiger partial charge >= 0.3 is 0 Å². The Morgan fingerprint density at radius 2 is 1.55 bits per heavy atom. The minimum absolute atomic E-state index is 0.296. The van der Waals surface area contributed by atoms with E-state index in [-0.39, 0.29) is 0 Å². The average molecular weight is 456 g/mol. The number of hydrogen-bond donors (Lipinski definition) is 2. The molecular weight excluding hydrogens is 414 g/mol. The van der Waals surface area contributed by atoms with E-state index >= 15 is 0 Å². The summed E-state index contributed by atoms with van der Waals surface area (Å²) in [5, 5.41) is 13.9. The van der Waals surface area contributed by atoms with Crippen molar-refractivity contribution in [2.45, 2.75) is 63.3 Å². The summed E-state index contributed by atoms with van der Waals surface area (Å²) in [6.07, 6.45) is 8.34. The van der Waals surface area contributed by atoms with Gasteiger partial charge in [0.05, 0.1) is 6.54 Å². The molecule has 2 aliphatic heterocycles. The second kappa shape index (κ2) is 10.7. The Bertz CT molecular complexity index is 761. The molecule has 1 unspecified atom stereocenters. The molecule has 0 radical (unpaired) electrons. The van der Waals surface area contributed by atoms with Gasteiger partial charge in [0.25, 0.3) is 0 Å².